The second-order valence-electron chi connectivity index (χ2n) is 6.26. The number of hydrogen-bond donors (Lipinski definition) is 4. The molecule has 1 aliphatic carbocycles. The average molecular weight is 322 g/mol. The smallest absolute Gasteiger partial charge is 0.115 e. The first kappa shape index (κ1) is 16.0. The highest BCUT2D eigenvalue weighted by molar-refractivity contribution is 5.63. The third-order valence-corrected chi connectivity index (χ3v) is 4.34. The van der Waals surface area contributed by atoms with Crippen molar-refractivity contribution >= 4 is 11.4 Å². The van der Waals surface area contributed by atoms with E-state index in [1.165, 1.54) is 5.57 Å². The molecule has 0 amide bonds. The SMILES string of the molecule is Nc1cc(CC2=CC=C(O)CC2)c(N)c(Cc2ccc(O)cc2)c1. The summed E-state index contributed by atoms with van der Waals surface area (Å²) < 4.78 is 0. The lowest BCUT2D eigenvalue weighted by molar-refractivity contribution is 0.385. The Balaban J connectivity index is 1.86. The molecule has 2 aromatic carbocycles. The second kappa shape index (κ2) is 6.71. The average Bonchev–Trinajstić information content (AvgIpc) is 2.56. The first-order chi connectivity index (χ1) is 11.5. The maximum absolute atomic E-state index is 9.47. The predicted molar refractivity (Wildman–Crippen MR) is 97.9 cm³/mol. The Hall–Kier alpha value is -2.88. The fraction of sp³-hybridized carbons (Fsp3) is 0.200. The van der Waals surface area contributed by atoms with E-state index in [9.17, 15) is 10.2 Å². The molecule has 3 rings (SSSR count). The van der Waals surface area contributed by atoms with Crippen LogP contribution < -0.4 is 11.5 Å². The highest BCUT2D eigenvalue weighted by Crippen LogP contribution is 2.29. The number of aliphatic hydroxyl groups is 1. The lowest BCUT2D eigenvalue weighted by atomic mass is 9.92. The summed E-state index contributed by atoms with van der Waals surface area (Å²) in [7, 11) is 0. The van der Waals surface area contributed by atoms with Gasteiger partial charge in [-0.1, -0.05) is 23.8 Å². The lowest BCUT2D eigenvalue weighted by Crippen LogP contribution is -2.05. The van der Waals surface area contributed by atoms with E-state index in [4.69, 9.17) is 11.5 Å². The molecular weight excluding hydrogens is 300 g/mol. The third-order valence-electron chi connectivity index (χ3n) is 4.34. The van der Waals surface area contributed by atoms with Gasteiger partial charge in [0.2, 0.25) is 0 Å². The minimum Gasteiger partial charge on any atom is -0.512 e. The standard InChI is InChI=1S/C20H22N2O2/c21-17-11-15(9-13-1-5-18(23)6-2-13)20(22)16(12-17)10-14-3-7-19(24)8-4-14/h1-3,5-7,11-12,23-24H,4,8-10,21-22H2. The van der Waals surface area contributed by atoms with Gasteiger partial charge >= 0.3 is 0 Å². The van der Waals surface area contributed by atoms with Crippen molar-refractivity contribution in [1.82, 2.24) is 0 Å². The summed E-state index contributed by atoms with van der Waals surface area (Å²) in [6.07, 6.45) is 6.63. The molecule has 0 radical (unpaired) electrons. The van der Waals surface area contributed by atoms with E-state index in [-0.39, 0.29) is 5.75 Å². The zero-order valence-electron chi connectivity index (χ0n) is 13.5. The van der Waals surface area contributed by atoms with Crippen LogP contribution in [0.5, 0.6) is 5.75 Å². The largest absolute Gasteiger partial charge is 0.512 e. The van der Waals surface area contributed by atoms with Crippen LogP contribution in [0.1, 0.15) is 29.5 Å². The van der Waals surface area contributed by atoms with Gasteiger partial charge in [0, 0.05) is 17.8 Å². The molecule has 0 saturated carbocycles. The van der Waals surface area contributed by atoms with Crippen molar-refractivity contribution in [1.29, 1.82) is 0 Å². The molecule has 0 heterocycles. The molecule has 0 aliphatic heterocycles. The number of benzene rings is 2. The molecule has 6 N–H and O–H groups in total. The van der Waals surface area contributed by atoms with Gasteiger partial charge in [0.25, 0.3) is 0 Å². The fourth-order valence-electron chi connectivity index (χ4n) is 2.99. The molecule has 0 saturated heterocycles. The second-order valence-corrected chi connectivity index (χ2v) is 6.26. The summed E-state index contributed by atoms with van der Waals surface area (Å²) in [5.74, 6) is 0.674. The normalized spacial score (nSPS) is 14.2. The van der Waals surface area contributed by atoms with E-state index in [0.29, 0.717) is 24.3 Å². The van der Waals surface area contributed by atoms with Gasteiger partial charge in [-0.25, -0.2) is 0 Å². The van der Waals surface area contributed by atoms with Gasteiger partial charge in [-0.2, -0.15) is 0 Å². The molecule has 0 unspecified atom stereocenters. The Kier molecular flexibility index (Phi) is 4.47. The number of phenolic OH excluding ortho intramolecular Hbond substituents is 1. The van der Waals surface area contributed by atoms with Crippen molar-refractivity contribution in [3.8, 4) is 5.75 Å². The van der Waals surface area contributed by atoms with Gasteiger partial charge in [0.1, 0.15) is 5.75 Å². The van der Waals surface area contributed by atoms with Crippen LogP contribution in [0, 0.1) is 0 Å². The summed E-state index contributed by atoms with van der Waals surface area (Å²) in [6.45, 7) is 0. The number of hydrogen-bond acceptors (Lipinski definition) is 4. The number of anilines is 2. The minimum absolute atomic E-state index is 0.250. The van der Waals surface area contributed by atoms with Crippen LogP contribution in [0.25, 0.3) is 0 Å². The van der Waals surface area contributed by atoms with Crippen LogP contribution in [0.2, 0.25) is 0 Å². The van der Waals surface area contributed by atoms with Crippen molar-refractivity contribution in [3.63, 3.8) is 0 Å². The van der Waals surface area contributed by atoms with Crippen LogP contribution in [0.15, 0.2) is 59.9 Å². The molecule has 0 aromatic heterocycles. The van der Waals surface area contributed by atoms with Gasteiger partial charge in [-0.05, 0) is 66.3 Å². The topological polar surface area (TPSA) is 92.5 Å². The van der Waals surface area contributed by atoms with Crippen molar-refractivity contribution in [2.24, 2.45) is 0 Å². The number of allylic oxidation sites excluding steroid dienone is 4. The summed E-state index contributed by atoms with van der Waals surface area (Å²) in [5, 5.41) is 18.9. The predicted octanol–water partition coefficient (Wildman–Crippen LogP) is 3.85. The van der Waals surface area contributed by atoms with Crippen molar-refractivity contribution in [2.45, 2.75) is 25.7 Å². The maximum atomic E-state index is 9.47. The molecule has 0 spiro atoms. The number of aliphatic hydroxyl groups excluding tert-OH is 1. The summed E-state index contributed by atoms with van der Waals surface area (Å²) in [5.41, 5.74) is 18.2. The van der Waals surface area contributed by atoms with E-state index in [1.807, 2.05) is 30.3 Å². The van der Waals surface area contributed by atoms with Crippen molar-refractivity contribution < 1.29 is 10.2 Å². The Labute approximate surface area is 141 Å². The molecule has 1 aliphatic rings. The van der Waals surface area contributed by atoms with Crippen molar-refractivity contribution in [2.75, 3.05) is 11.5 Å². The third kappa shape index (κ3) is 3.71. The maximum Gasteiger partial charge on any atom is 0.115 e. The zero-order chi connectivity index (χ0) is 17.1. The molecule has 4 nitrogen and oxygen atoms in total. The number of aromatic hydroxyl groups is 1. The highest BCUT2D eigenvalue weighted by Gasteiger charge is 2.12. The molecule has 0 fully saturated rings. The molecular formula is C20H22N2O2. The molecule has 24 heavy (non-hydrogen) atoms. The quantitative estimate of drug-likeness (QED) is 0.643. The van der Waals surface area contributed by atoms with Gasteiger partial charge in [-0.15, -0.1) is 0 Å². The van der Waals surface area contributed by atoms with E-state index >= 15 is 0 Å². The van der Waals surface area contributed by atoms with E-state index < -0.39 is 0 Å². The Morgan fingerprint density at radius 3 is 2.12 bits per heavy atom. The minimum atomic E-state index is 0.250. The number of nitrogens with two attached hydrogens (primary N) is 2. The highest BCUT2D eigenvalue weighted by atomic mass is 16.3. The van der Waals surface area contributed by atoms with Crippen LogP contribution >= 0.6 is 0 Å². The monoisotopic (exact) mass is 322 g/mol. The summed E-state index contributed by atoms with van der Waals surface area (Å²) in [6, 6.07) is 10.9. The lowest BCUT2D eigenvalue weighted by Gasteiger charge is -2.16. The van der Waals surface area contributed by atoms with Crippen LogP contribution in [0.4, 0.5) is 11.4 Å². The summed E-state index contributed by atoms with van der Waals surface area (Å²) in [4.78, 5) is 0. The van der Waals surface area contributed by atoms with Crippen LogP contribution in [0.3, 0.4) is 0 Å². The Morgan fingerprint density at radius 1 is 0.833 bits per heavy atom. The number of phenols is 1. The molecule has 4 heteroatoms. The zero-order valence-corrected chi connectivity index (χ0v) is 13.5. The fourth-order valence-corrected chi connectivity index (χ4v) is 2.99. The summed E-state index contributed by atoms with van der Waals surface area (Å²) >= 11 is 0. The number of nitrogen functional groups attached to an aromatic ring is 2. The van der Waals surface area contributed by atoms with E-state index in [2.05, 4.69) is 0 Å². The van der Waals surface area contributed by atoms with Gasteiger partial charge in [0.05, 0.1) is 5.76 Å². The van der Waals surface area contributed by atoms with Gasteiger partial charge < -0.3 is 21.7 Å². The molecule has 124 valence electrons. The van der Waals surface area contributed by atoms with Crippen LogP contribution in [-0.2, 0) is 12.8 Å². The molecule has 0 bridgehead atoms. The first-order valence-electron chi connectivity index (χ1n) is 8.03. The molecule has 2 aromatic rings. The Morgan fingerprint density at radius 2 is 1.50 bits per heavy atom. The van der Waals surface area contributed by atoms with E-state index in [1.54, 1.807) is 18.2 Å². The van der Waals surface area contributed by atoms with Gasteiger partial charge in [0.15, 0.2) is 0 Å². The van der Waals surface area contributed by atoms with Crippen LogP contribution in [-0.4, -0.2) is 10.2 Å². The first-order valence-corrected chi connectivity index (χ1v) is 8.03. The van der Waals surface area contributed by atoms with Crippen molar-refractivity contribution in [3.05, 3.63) is 76.6 Å². The number of rotatable bonds is 4. The van der Waals surface area contributed by atoms with Gasteiger partial charge in [-0.3, -0.25) is 0 Å². The van der Waals surface area contributed by atoms with E-state index in [0.717, 1.165) is 35.2 Å². The Bertz CT molecular complexity index is 805. The molecule has 0 atom stereocenters.